The molecule has 136 valence electrons. The lowest BCUT2D eigenvalue weighted by molar-refractivity contribution is -0.122. The summed E-state index contributed by atoms with van der Waals surface area (Å²) >= 11 is 5.85. The Morgan fingerprint density at radius 3 is 2.22 bits per heavy atom. The van der Waals surface area contributed by atoms with E-state index in [0.29, 0.717) is 27.6 Å². The van der Waals surface area contributed by atoms with Crippen LogP contribution in [0.5, 0.6) is 5.75 Å². The molecule has 3 aromatic rings. The number of carbonyl (C=O) groups is 2. The molecule has 0 bridgehead atoms. The molecule has 4 nitrogen and oxygen atoms in total. The summed E-state index contributed by atoms with van der Waals surface area (Å²) in [5.74, 6) is 0.0340. The first-order chi connectivity index (χ1) is 13.0. The van der Waals surface area contributed by atoms with Crippen molar-refractivity contribution in [1.82, 2.24) is 0 Å². The summed E-state index contributed by atoms with van der Waals surface area (Å²) in [4.78, 5) is 25.3. The SMILES string of the molecule is C[C@H](Oc1ccc(Cl)cc1)C(=O)Nc1ccccc1C(=O)c1ccccc1. The average molecular weight is 380 g/mol. The van der Waals surface area contributed by atoms with E-state index in [4.69, 9.17) is 16.3 Å². The predicted octanol–water partition coefficient (Wildman–Crippen LogP) is 4.98. The lowest BCUT2D eigenvalue weighted by atomic mass is 10.0. The third-order valence-corrected chi connectivity index (χ3v) is 4.21. The van der Waals surface area contributed by atoms with Crippen LogP contribution in [0.4, 0.5) is 5.69 Å². The van der Waals surface area contributed by atoms with Gasteiger partial charge in [-0.15, -0.1) is 0 Å². The number of hydrogen-bond donors (Lipinski definition) is 1. The molecule has 0 aliphatic rings. The van der Waals surface area contributed by atoms with E-state index in [1.165, 1.54) is 0 Å². The highest BCUT2D eigenvalue weighted by molar-refractivity contribution is 6.30. The van der Waals surface area contributed by atoms with Gasteiger partial charge in [-0.2, -0.15) is 0 Å². The van der Waals surface area contributed by atoms with E-state index in [1.54, 1.807) is 79.7 Å². The molecule has 0 heterocycles. The molecule has 1 atom stereocenters. The van der Waals surface area contributed by atoms with E-state index in [2.05, 4.69) is 5.32 Å². The third-order valence-electron chi connectivity index (χ3n) is 3.96. The summed E-state index contributed by atoms with van der Waals surface area (Å²) < 4.78 is 5.63. The van der Waals surface area contributed by atoms with Gasteiger partial charge in [0.25, 0.3) is 5.91 Å². The summed E-state index contributed by atoms with van der Waals surface area (Å²) in [7, 11) is 0. The first kappa shape index (κ1) is 18.7. The molecule has 0 unspecified atom stereocenters. The van der Waals surface area contributed by atoms with Crippen molar-refractivity contribution in [2.24, 2.45) is 0 Å². The van der Waals surface area contributed by atoms with Crippen molar-refractivity contribution in [3.05, 3.63) is 95.0 Å². The summed E-state index contributed by atoms with van der Waals surface area (Å²) in [6, 6.07) is 22.6. The average Bonchev–Trinajstić information content (AvgIpc) is 2.70. The van der Waals surface area contributed by atoms with E-state index in [1.807, 2.05) is 6.07 Å². The fraction of sp³-hybridized carbons (Fsp3) is 0.0909. The molecule has 0 aliphatic heterocycles. The number of ether oxygens (including phenoxy) is 1. The predicted molar refractivity (Wildman–Crippen MR) is 106 cm³/mol. The topological polar surface area (TPSA) is 55.4 Å². The van der Waals surface area contributed by atoms with Crippen LogP contribution in [0.25, 0.3) is 0 Å². The van der Waals surface area contributed by atoms with E-state index in [9.17, 15) is 9.59 Å². The maximum atomic E-state index is 12.7. The van der Waals surface area contributed by atoms with Gasteiger partial charge in [-0.1, -0.05) is 54.1 Å². The van der Waals surface area contributed by atoms with E-state index in [0.717, 1.165) is 0 Å². The van der Waals surface area contributed by atoms with Crippen LogP contribution in [0, 0.1) is 0 Å². The van der Waals surface area contributed by atoms with Crippen LogP contribution in [-0.2, 0) is 4.79 Å². The Bertz CT molecular complexity index is 939. The Hall–Kier alpha value is -3.11. The molecule has 0 saturated carbocycles. The number of rotatable bonds is 6. The van der Waals surface area contributed by atoms with Crippen molar-refractivity contribution in [1.29, 1.82) is 0 Å². The second-order valence-corrected chi connectivity index (χ2v) is 6.38. The van der Waals surface area contributed by atoms with Crippen LogP contribution >= 0.6 is 11.6 Å². The van der Waals surface area contributed by atoms with Crippen molar-refractivity contribution < 1.29 is 14.3 Å². The maximum Gasteiger partial charge on any atom is 0.265 e. The molecule has 0 aromatic heterocycles. The van der Waals surface area contributed by atoms with Gasteiger partial charge in [0.15, 0.2) is 11.9 Å². The number of carbonyl (C=O) groups excluding carboxylic acids is 2. The van der Waals surface area contributed by atoms with Gasteiger partial charge in [0, 0.05) is 16.1 Å². The van der Waals surface area contributed by atoms with Crippen molar-refractivity contribution in [3.8, 4) is 5.75 Å². The molecule has 0 fully saturated rings. The Labute approximate surface area is 162 Å². The summed E-state index contributed by atoms with van der Waals surface area (Å²) in [5.41, 5.74) is 1.43. The number of halogens is 1. The molecule has 0 aliphatic carbocycles. The molecule has 0 spiro atoms. The Morgan fingerprint density at radius 1 is 0.889 bits per heavy atom. The molecular formula is C22H18ClNO3. The Balaban J connectivity index is 1.74. The highest BCUT2D eigenvalue weighted by Crippen LogP contribution is 2.21. The van der Waals surface area contributed by atoms with Crippen LogP contribution in [-0.4, -0.2) is 17.8 Å². The quantitative estimate of drug-likeness (QED) is 0.615. The van der Waals surface area contributed by atoms with Crippen LogP contribution in [0.3, 0.4) is 0 Å². The van der Waals surface area contributed by atoms with Gasteiger partial charge < -0.3 is 10.1 Å². The second-order valence-electron chi connectivity index (χ2n) is 5.94. The van der Waals surface area contributed by atoms with Crippen LogP contribution in [0.1, 0.15) is 22.8 Å². The van der Waals surface area contributed by atoms with Crippen molar-refractivity contribution in [2.75, 3.05) is 5.32 Å². The van der Waals surface area contributed by atoms with Gasteiger partial charge in [0.2, 0.25) is 0 Å². The number of para-hydroxylation sites is 1. The van der Waals surface area contributed by atoms with Crippen LogP contribution < -0.4 is 10.1 Å². The van der Waals surface area contributed by atoms with Gasteiger partial charge in [-0.25, -0.2) is 0 Å². The molecule has 0 saturated heterocycles. The smallest absolute Gasteiger partial charge is 0.265 e. The lowest BCUT2D eigenvalue weighted by Gasteiger charge is -2.16. The zero-order valence-electron chi connectivity index (χ0n) is 14.7. The van der Waals surface area contributed by atoms with E-state index >= 15 is 0 Å². The standard InChI is InChI=1S/C22H18ClNO3/c1-15(27-18-13-11-17(23)12-14-18)22(26)24-20-10-6-5-9-19(20)21(25)16-7-3-2-4-8-16/h2-15H,1H3,(H,24,26)/t15-/m0/s1. The van der Waals surface area contributed by atoms with E-state index in [-0.39, 0.29) is 11.7 Å². The molecule has 27 heavy (non-hydrogen) atoms. The van der Waals surface area contributed by atoms with Gasteiger partial charge in [-0.3, -0.25) is 9.59 Å². The number of anilines is 1. The highest BCUT2D eigenvalue weighted by Gasteiger charge is 2.19. The van der Waals surface area contributed by atoms with Gasteiger partial charge in [0.1, 0.15) is 5.75 Å². The number of amides is 1. The van der Waals surface area contributed by atoms with Crippen molar-refractivity contribution >= 4 is 29.0 Å². The summed E-state index contributed by atoms with van der Waals surface area (Å²) in [6.45, 7) is 1.64. The van der Waals surface area contributed by atoms with E-state index < -0.39 is 6.10 Å². The summed E-state index contributed by atoms with van der Waals surface area (Å²) in [5, 5.41) is 3.37. The minimum absolute atomic E-state index is 0.155. The molecule has 3 rings (SSSR count). The van der Waals surface area contributed by atoms with Crippen molar-refractivity contribution in [2.45, 2.75) is 13.0 Å². The van der Waals surface area contributed by atoms with Gasteiger partial charge in [0.05, 0.1) is 5.69 Å². The van der Waals surface area contributed by atoms with Crippen LogP contribution in [0.2, 0.25) is 5.02 Å². The first-order valence-electron chi connectivity index (χ1n) is 8.46. The number of hydrogen-bond acceptors (Lipinski definition) is 3. The molecule has 5 heteroatoms. The van der Waals surface area contributed by atoms with Crippen molar-refractivity contribution in [3.63, 3.8) is 0 Å². The van der Waals surface area contributed by atoms with Gasteiger partial charge in [-0.05, 0) is 43.3 Å². The molecule has 1 N–H and O–H groups in total. The monoisotopic (exact) mass is 379 g/mol. The zero-order valence-corrected chi connectivity index (χ0v) is 15.4. The molecule has 1 amide bonds. The second kappa shape index (κ2) is 8.52. The zero-order chi connectivity index (χ0) is 19.2. The normalized spacial score (nSPS) is 11.5. The van der Waals surface area contributed by atoms with Gasteiger partial charge >= 0.3 is 0 Å². The van der Waals surface area contributed by atoms with Crippen LogP contribution in [0.15, 0.2) is 78.9 Å². The minimum Gasteiger partial charge on any atom is -0.481 e. The first-order valence-corrected chi connectivity index (χ1v) is 8.84. The largest absolute Gasteiger partial charge is 0.481 e. The fourth-order valence-corrected chi connectivity index (χ4v) is 2.67. The molecule has 0 radical (unpaired) electrons. The third kappa shape index (κ3) is 4.74. The molecular weight excluding hydrogens is 362 g/mol. The molecule has 3 aromatic carbocycles. The minimum atomic E-state index is -0.744. The Kier molecular flexibility index (Phi) is 5.89. The number of nitrogens with one attached hydrogen (secondary N) is 1. The number of ketones is 1. The Morgan fingerprint density at radius 2 is 1.52 bits per heavy atom. The highest BCUT2D eigenvalue weighted by atomic mass is 35.5. The number of benzene rings is 3. The summed E-state index contributed by atoms with van der Waals surface area (Å²) in [6.07, 6.45) is -0.744. The maximum absolute atomic E-state index is 12.7. The fourth-order valence-electron chi connectivity index (χ4n) is 2.54. The lowest BCUT2D eigenvalue weighted by Crippen LogP contribution is -2.30.